The Balaban J connectivity index is 2.03. The van der Waals surface area contributed by atoms with Crippen molar-refractivity contribution >= 4 is 34.7 Å². The van der Waals surface area contributed by atoms with Gasteiger partial charge >= 0.3 is 11.9 Å². The van der Waals surface area contributed by atoms with Gasteiger partial charge in [-0.05, 0) is 0 Å². The van der Waals surface area contributed by atoms with E-state index < -0.39 is 36.5 Å². The molecule has 1 N–H and O–H groups in total. The van der Waals surface area contributed by atoms with Crippen LogP contribution in [0.5, 0.6) is 0 Å². The van der Waals surface area contributed by atoms with Gasteiger partial charge in [-0.3, -0.25) is 14.2 Å². The third-order valence-corrected chi connectivity index (χ3v) is 4.17. The van der Waals surface area contributed by atoms with Crippen molar-refractivity contribution in [2.24, 2.45) is 0 Å². The summed E-state index contributed by atoms with van der Waals surface area (Å²) in [6, 6.07) is 0. The minimum absolute atomic E-state index is 0.166. The van der Waals surface area contributed by atoms with Crippen molar-refractivity contribution in [3.05, 3.63) is 17.8 Å². The van der Waals surface area contributed by atoms with Crippen LogP contribution in [0.3, 0.4) is 0 Å². The van der Waals surface area contributed by atoms with E-state index in [1.54, 1.807) is 0 Å². The molecular weight excluding hydrogens is 368 g/mol. The molecular formula is C15H17ClN4O6. The van der Waals surface area contributed by atoms with Crippen LogP contribution in [0, 0.1) is 0 Å². The highest BCUT2D eigenvalue weighted by Crippen LogP contribution is 2.37. The van der Waals surface area contributed by atoms with Gasteiger partial charge in [-0.15, -0.1) is 0 Å². The van der Waals surface area contributed by atoms with Gasteiger partial charge in [0.15, 0.2) is 29.2 Å². The Bertz CT molecular complexity index is 828. The molecule has 0 radical (unpaired) electrons. The van der Waals surface area contributed by atoms with Crippen LogP contribution < -0.4 is 0 Å². The lowest BCUT2D eigenvalue weighted by molar-refractivity contribution is -0.165. The van der Waals surface area contributed by atoms with Crippen LogP contribution >= 0.6 is 11.6 Å². The largest absolute Gasteiger partial charge is 0.456 e. The van der Waals surface area contributed by atoms with Crippen LogP contribution in [0.4, 0.5) is 0 Å². The third kappa shape index (κ3) is 3.48. The van der Waals surface area contributed by atoms with Crippen LogP contribution in [-0.2, 0) is 23.8 Å². The first kappa shape index (κ1) is 18.5. The van der Waals surface area contributed by atoms with Crippen LogP contribution in [0.1, 0.15) is 26.5 Å². The molecule has 10 nitrogen and oxygen atoms in total. The lowest BCUT2D eigenvalue weighted by atomic mass is 10.1. The summed E-state index contributed by atoms with van der Waals surface area (Å²) >= 11 is 6.02. The average Bonchev–Trinajstić information content (AvgIpc) is 3.12. The van der Waals surface area contributed by atoms with Gasteiger partial charge in [-0.25, -0.2) is 15.0 Å². The fourth-order valence-electron chi connectivity index (χ4n) is 2.95. The predicted octanol–water partition coefficient (Wildman–Crippen LogP) is 0.623. The number of ether oxygens (including phenoxy) is 3. The summed E-state index contributed by atoms with van der Waals surface area (Å²) in [4.78, 5) is 35.3. The number of nitrogens with zero attached hydrogens (tertiary/aromatic N) is 4. The topological polar surface area (TPSA) is 126 Å². The fourth-order valence-corrected chi connectivity index (χ4v) is 3.13. The summed E-state index contributed by atoms with van der Waals surface area (Å²) in [6.07, 6.45) is -0.480. The van der Waals surface area contributed by atoms with Crippen LogP contribution in [-0.4, -0.2) is 61.5 Å². The van der Waals surface area contributed by atoms with Crippen molar-refractivity contribution in [1.29, 1.82) is 0 Å². The van der Waals surface area contributed by atoms with Crippen molar-refractivity contribution in [3.8, 4) is 0 Å². The normalized spacial score (nSPS) is 25.4. The van der Waals surface area contributed by atoms with E-state index in [1.165, 1.54) is 31.1 Å². The predicted molar refractivity (Wildman–Crippen MR) is 87.1 cm³/mol. The summed E-state index contributed by atoms with van der Waals surface area (Å²) in [6.45, 7) is 2.29. The molecule has 2 aromatic rings. The van der Waals surface area contributed by atoms with Crippen molar-refractivity contribution in [1.82, 2.24) is 19.5 Å². The highest BCUT2D eigenvalue weighted by Gasteiger charge is 2.50. The van der Waals surface area contributed by atoms with Gasteiger partial charge in [0.25, 0.3) is 0 Å². The molecule has 0 spiro atoms. The maximum Gasteiger partial charge on any atom is 0.303 e. The van der Waals surface area contributed by atoms with Gasteiger partial charge in [-0.1, -0.05) is 11.6 Å². The van der Waals surface area contributed by atoms with E-state index >= 15 is 0 Å². The number of halogens is 1. The molecule has 1 aliphatic rings. The van der Waals surface area contributed by atoms with Crippen LogP contribution in [0.15, 0.2) is 12.7 Å². The summed E-state index contributed by atoms with van der Waals surface area (Å²) < 4.78 is 18.1. The number of aliphatic hydroxyl groups is 1. The second kappa shape index (κ2) is 7.52. The van der Waals surface area contributed by atoms with Crippen molar-refractivity contribution in [2.45, 2.75) is 44.8 Å². The Hall–Kier alpha value is -2.30. The number of fused-ring (bicyclic) bond motifs is 1. The SMILES string of the molecule is CC(=O)O[C@@H]1[C@H](OC(C)=O)[C@@H](CCO)O[C@H]1n1cnc2c(Cl)ncnc21. The van der Waals surface area contributed by atoms with E-state index in [0.717, 1.165) is 0 Å². The first-order chi connectivity index (χ1) is 12.4. The summed E-state index contributed by atoms with van der Waals surface area (Å²) in [5.74, 6) is -1.12. The summed E-state index contributed by atoms with van der Waals surface area (Å²) in [5.41, 5.74) is 0.729. The lowest BCUT2D eigenvalue weighted by Gasteiger charge is -2.23. The molecule has 0 aromatic carbocycles. The number of hydrogen-bond donors (Lipinski definition) is 1. The van der Waals surface area contributed by atoms with Crippen LogP contribution in [0.2, 0.25) is 5.15 Å². The summed E-state index contributed by atoms with van der Waals surface area (Å²) in [5, 5.41) is 9.45. The van der Waals surface area contributed by atoms with Crippen molar-refractivity contribution < 1.29 is 28.9 Å². The highest BCUT2D eigenvalue weighted by atomic mass is 35.5. The number of aliphatic hydroxyl groups excluding tert-OH is 1. The maximum absolute atomic E-state index is 11.6. The number of rotatable bonds is 5. The number of carbonyl (C=O) groups excluding carboxylic acids is 2. The second-order valence-electron chi connectivity index (χ2n) is 5.71. The molecule has 140 valence electrons. The number of carbonyl (C=O) groups is 2. The first-order valence-corrected chi connectivity index (χ1v) is 8.24. The maximum atomic E-state index is 11.6. The molecule has 0 saturated carbocycles. The average molecular weight is 385 g/mol. The monoisotopic (exact) mass is 384 g/mol. The third-order valence-electron chi connectivity index (χ3n) is 3.89. The van der Waals surface area contributed by atoms with Gasteiger partial charge in [0.05, 0.1) is 6.33 Å². The van der Waals surface area contributed by atoms with E-state index in [2.05, 4.69) is 15.0 Å². The molecule has 0 aliphatic carbocycles. The molecule has 2 aromatic heterocycles. The minimum Gasteiger partial charge on any atom is -0.456 e. The quantitative estimate of drug-likeness (QED) is 0.583. The molecule has 1 fully saturated rings. The molecule has 3 rings (SSSR count). The van der Waals surface area contributed by atoms with E-state index in [-0.39, 0.29) is 18.2 Å². The van der Waals surface area contributed by atoms with E-state index in [9.17, 15) is 14.7 Å². The molecule has 1 saturated heterocycles. The molecule has 11 heteroatoms. The number of hydrogen-bond acceptors (Lipinski definition) is 9. The molecule has 1 aliphatic heterocycles. The minimum atomic E-state index is -0.945. The zero-order chi connectivity index (χ0) is 18.8. The van der Waals surface area contributed by atoms with E-state index in [1.807, 2.05) is 0 Å². The Kier molecular flexibility index (Phi) is 5.35. The van der Waals surface area contributed by atoms with Gasteiger partial charge in [0, 0.05) is 26.9 Å². The van der Waals surface area contributed by atoms with Gasteiger partial charge in [0.1, 0.15) is 17.9 Å². The fraction of sp³-hybridized carbons (Fsp3) is 0.533. The summed E-state index contributed by atoms with van der Waals surface area (Å²) in [7, 11) is 0. The Morgan fingerprint density at radius 3 is 2.58 bits per heavy atom. The lowest BCUT2D eigenvalue weighted by Crippen LogP contribution is -2.39. The standard InChI is InChI=1S/C15H17ClN4O6/c1-7(22)24-11-9(3-4-21)26-15(12(11)25-8(2)23)20-6-19-10-13(16)17-5-18-14(10)20/h5-6,9,11-12,15,21H,3-4H2,1-2H3/t9-,11-,12-,15-/m1/s1. The Morgan fingerprint density at radius 2 is 1.92 bits per heavy atom. The molecule has 26 heavy (non-hydrogen) atoms. The van der Waals surface area contributed by atoms with Crippen molar-refractivity contribution in [3.63, 3.8) is 0 Å². The number of imidazole rings is 1. The molecule has 0 bridgehead atoms. The van der Waals surface area contributed by atoms with Crippen LogP contribution in [0.25, 0.3) is 11.2 Å². The zero-order valence-corrected chi connectivity index (χ0v) is 14.8. The molecule has 0 amide bonds. The Morgan fingerprint density at radius 1 is 1.23 bits per heavy atom. The van der Waals surface area contributed by atoms with Gasteiger partial charge < -0.3 is 19.3 Å². The smallest absolute Gasteiger partial charge is 0.303 e. The Labute approximate surface area is 153 Å². The van der Waals surface area contributed by atoms with Gasteiger partial charge in [0.2, 0.25) is 0 Å². The van der Waals surface area contributed by atoms with E-state index in [4.69, 9.17) is 25.8 Å². The van der Waals surface area contributed by atoms with Gasteiger partial charge in [-0.2, -0.15) is 0 Å². The zero-order valence-electron chi connectivity index (χ0n) is 14.0. The molecule has 3 heterocycles. The van der Waals surface area contributed by atoms with E-state index in [0.29, 0.717) is 11.2 Å². The molecule has 0 unspecified atom stereocenters. The second-order valence-corrected chi connectivity index (χ2v) is 6.07. The number of esters is 2. The van der Waals surface area contributed by atoms with Crippen molar-refractivity contribution in [2.75, 3.05) is 6.61 Å². The molecule has 4 atom stereocenters. The highest BCUT2D eigenvalue weighted by molar-refractivity contribution is 6.33. The first-order valence-electron chi connectivity index (χ1n) is 7.86. The number of aromatic nitrogens is 4.